The molecule has 1 aliphatic heterocycles. The Balaban J connectivity index is 1.72. The molecule has 0 aromatic carbocycles. The first kappa shape index (κ1) is 14.0. The molecular formula is C13H21N3O3S. The van der Waals surface area contributed by atoms with E-state index in [2.05, 4.69) is 18.8 Å². The zero-order valence-electron chi connectivity index (χ0n) is 11.8. The van der Waals surface area contributed by atoms with Crippen LogP contribution in [0.25, 0.3) is 0 Å². The fourth-order valence-corrected chi connectivity index (χ4v) is 4.65. The Morgan fingerprint density at radius 1 is 1.40 bits per heavy atom. The van der Waals surface area contributed by atoms with E-state index in [9.17, 15) is 8.42 Å². The molecule has 2 heterocycles. The average molecular weight is 299 g/mol. The summed E-state index contributed by atoms with van der Waals surface area (Å²) in [7, 11) is -3.47. The summed E-state index contributed by atoms with van der Waals surface area (Å²) in [5.74, 6) is 1.43. The first-order chi connectivity index (χ1) is 9.43. The summed E-state index contributed by atoms with van der Waals surface area (Å²) in [6.07, 6.45) is 3.20. The molecule has 2 aliphatic rings. The predicted molar refractivity (Wildman–Crippen MR) is 73.4 cm³/mol. The first-order valence-corrected chi connectivity index (χ1v) is 8.50. The van der Waals surface area contributed by atoms with E-state index in [1.165, 1.54) is 4.31 Å². The predicted octanol–water partition coefficient (Wildman–Crippen LogP) is 0.398. The summed E-state index contributed by atoms with van der Waals surface area (Å²) in [6.45, 7) is 6.14. The van der Waals surface area contributed by atoms with Crippen LogP contribution in [0.4, 0.5) is 0 Å². The molecule has 1 saturated heterocycles. The third-order valence-corrected chi connectivity index (χ3v) is 6.06. The lowest BCUT2D eigenvalue weighted by Gasteiger charge is -2.17. The number of nitrogens with zero attached hydrogens (tertiary/aromatic N) is 3. The Bertz CT molecular complexity index is 584. The summed E-state index contributed by atoms with van der Waals surface area (Å²) in [6, 6.07) is 0. The van der Waals surface area contributed by atoms with Gasteiger partial charge in [0.25, 0.3) is 10.0 Å². The number of sulfonamides is 1. The summed E-state index contributed by atoms with van der Waals surface area (Å²) in [5, 5.41) is 9.26. The molecule has 2 fully saturated rings. The van der Waals surface area contributed by atoms with Gasteiger partial charge in [0, 0.05) is 32.4 Å². The maximum Gasteiger partial charge on any atom is 0.262 e. The van der Waals surface area contributed by atoms with Crippen LogP contribution in [0.3, 0.4) is 0 Å². The summed E-state index contributed by atoms with van der Waals surface area (Å²) in [4.78, 5) is 4.05. The summed E-state index contributed by atoms with van der Waals surface area (Å²) in [5.41, 5.74) is 0. The lowest BCUT2D eigenvalue weighted by Crippen LogP contribution is -2.32. The highest BCUT2D eigenvalue weighted by Crippen LogP contribution is 2.52. The minimum atomic E-state index is -3.47. The first-order valence-electron chi connectivity index (χ1n) is 7.06. The molecular weight excluding hydrogens is 278 g/mol. The molecule has 1 aromatic heterocycles. The maximum absolute atomic E-state index is 12.5. The molecule has 112 valence electrons. The number of piperidine rings is 1. The van der Waals surface area contributed by atoms with Gasteiger partial charge in [-0.15, -0.1) is 0 Å². The third kappa shape index (κ3) is 2.27. The van der Waals surface area contributed by atoms with Crippen molar-refractivity contribution in [2.45, 2.75) is 25.4 Å². The van der Waals surface area contributed by atoms with Crippen molar-refractivity contribution in [2.75, 3.05) is 19.7 Å². The van der Waals surface area contributed by atoms with E-state index < -0.39 is 10.0 Å². The Labute approximate surface area is 119 Å². The highest BCUT2D eigenvalue weighted by Gasteiger charge is 2.57. The number of hydrogen-bond acceptors (Lipinski definition) is 4. The van der Waals surface area contributed by atoms with Crippen LogP contribution in [0, 0.1) is 23.7 Å². The van der Waals surface area contributed by atoms with Crippen molar-refractivity contribution < 1.29 is 13.5 Å². The Kier molecular flexibility index (Phi) is 3.38. The second-order valence-electron chi connectivity index (χ2n) is 6.30. The second-order valence-corrected chi connectivity index (χ2v) is 8.18. The fraction of sp³-hybridized carbons (Fsp3) is 0.769. The van der Waals surface area contributed by atoms with Crippen LogP contribution in [0.15, 0.2) is 17.6 Å². The Hall–Kier alpha value is -0.920. The van der Waals surface area contributed by atoms with Gasteiger partial charge in [-0.05, 0) is 23.7 Å². The van der Waals surface area contributed by atoms with Gasteiger partial charge >= 0.3 is 0 Å². The number of aromatic nitrogens is 2. The Morgan fingerprint density at radius 3 is 2.60 bits per heavy atom. The number of rotatable bonds is 5. The third-order valence-electron chi connectivity index (χ3n) is 4.34. The largest absolute Gasteiger partial charge is 0.396 e. The van der Waals surface area contributed by atoms with Crippen molar-refractivity contribution in [2.24, 2.45) is 23.7 Å². The number of fused-ring (bicyclic) bond motifs is 1. The number of hydrogen-bond donors (Lipinski definition) is 1. The van der Waals surface area contributed by atoms with E-state index in [0.717, 1.165) is 6.54 Å². The molecule has 1 aromatic rings. The lowest BCUT2D eigenvalue weighted by molar-refractivity contribution is 0.247. The van der Waals surface area contributed by atoms with Gasteiger partial charge in [-0.2, -0.15) is 4.31 Å². The number of aliphatic hydroxyl groups excluding tert-OH is 1. The molecule has 1 aliphatic carbocycles. The van der Waals surface area contributed by atoms with Crippen molar-refractivity contribution in [3.05, 3.63) is 12.5 Å². The van der Waals surface area contributed by atoms with Gasteiger partial charge in [-0.25, -0.2) is 13.4 Å². The monoisotopic (exact) mass is 299 g/mol. The van der Waals surface area contributed by atoms with Crippen LogP contribution in [0.1, 0.15) is 13.8 Å². The fourth-order valence-electron chi connectivity index (χ4n) is 3.20. The van der Waals surface area contributed by atoms with Crippen molar-refractivity contribution in [1.29, 1.82) is 0 Å². The topological polar surface area (TPSA) is 75.4 Å². The molecule has 20 heavy (non-hydrogen) atoms. The van der Waals surface area contributed by atoms with E-state index in [1.54, 1.807) is 12.5 Å². The molecule has 0 spiro atoms. The zero-order chi connectivity index (χ0) is 14.5. The smallest absolute Gasteiger partial charge is 0.262 e. The molecule has 0 bridgehead atoms. The number of aliphatic hydroxyl groups is 1. The average Bonchev–Trinajstić information content (AvgIpc) is 2.79. The van der Waals surface area contributed by atoms with E-state index in [-0.39, 0.29) is 11.6 Å². The van der Waals surface area contributed by atoms with E-state index >= 15 is 0 Å². The highest BCUT2D eigenvalue weighted by atomic mass is 32.2. The van der Waals surface area contributed by atoms with Crippen molar-refractivity contribution >= 4 is 10.0 Å². The minimum Gasteiger partial charge on any atom is -0.396 e. The molecule has 1 N–H and O–H groups in total. The maximum atomic E-state index is 12.5. The molecule has 3 rings (SSSR count). The van der Waals surface area contributed by atoms with Crippen molar-refractivity contribution in [3.8, 4) is 0 Å². The van der Waals surface area contributed by atoms with Crippen LogP contribution in [-0.4, -0.2) is 47.1 Å². The summed E-state index contributed by atoms with van der Waals surface area (Å²) < 4.78 is 28.3. The molecule has 7 heteroatoms. The van der Waals surface area contributed by atoms with E-state index in [1.807, 2.05) is 4.57 Å². The molecule has 3 atom stereocenters. The van der Waals surface area contributed by atoms with Crippen LogP contribution in [-0.2, 0) is 16.6 Å². The standard InChI is InChI=1S/C13H21N3O3S/c1-9(2)3-15-6-13(14-8-15)20(18,19)16-4-10-11(5-16)12(10)7-17/h6,8-12,17H,3-5,7H2,1-2H3/t10-,11+,12?. The quantitative estimate of drug-likeness (QED) is 0.854. The van der Waals surface area contributed by atoms with E-state index in [4.69, 9.17) is 5.11 Å². The highest BCUT2D eigenvalue weighted by molar-refractivity contribution is 7.89. The summed E-state index contributed by atoms with van der Waals surface area (Å²) >= 11 is 0. The Morgan fingerprint density at radius 2 is 2.05 bits per heavy atom. The van der Waals surface area contributed by atoms with Gasteiger partial charge in [-0.1, -0.05) is 13.8 Å². The van der Waals surface area contributed by atoms with Crippen molar-refractivity contribution in [3.63, 3.8) is 0 Å². The SMILES string of the molecule is CC(C)Cn1cnc(S(=O)(=O)N2C[C@@H]3C(CO)[C@@H]3C2)c1. The van der Waals surface area contributed by atoms with Crippen LogP contribution in [0.2, 0.25) is 0 Å². The van der Waals surface area contributed by atoms with Crippen LogP contribution < -0.4 is 0 Å². The zero-order valence-corrected chi connectivity index (χ0v) is 12.6. The minimum absolute atomic E-state index is 0.139. The molecule has 6 nitrogen and oxygen atoms in total. The van der Waals surface area contributed by atoms with Crippen LogP contribution >= 0.6 is 0 Å². The molecule has 0 radical (unpaired) electrons. The molecule has 1 saturated carbocycles. The normalized spacial score (nSPS) is 29.9. The molecule has 0 amide bonds. The van der Waals surface area contributed by atoms with Gasteiger partial charge in [0.15, 0.2) is 5.03 Å². The second kappa shape index (κ2) is 4.82. The van der Waals surface area contributed by atoms with Gasteiger partial charge in [0.1, 0.15) is 0 Å². The van der Waals surface area contributed by atoms with Gasteiger partial charge in [0.2, 0.25) is 0 Å². The number of imidazole rings is 1. The van der Waals surface area contributed by atoms with Gasteiger partial charge < -0.3 is 9.67 Å². The van der Waals surface area contributed by atoms with E-state index in [0.29, 0.717) is 36.8 Å². The van der Waals surface area contributed by atoms with Crippen molar-refractivity contribution in [1.82, 2.24) is 13.9 Å². The van der Waals surface area contributed by atoms with Gasteiger partial charge in [-0.3, -0.25) is 0 Å². The molecule has 1 unspecified atom stereocenters. The van der Waals surface area contributed by atoms with Gasteiger partial charge in [0.05, 0.1) is 6.33 Å². The van der Waals surface area contributed by atoms with Crippen LogP contribution in [0.5, 0.6) is 0 Å². The lowest BCUT2D eigenvalue weighted by atomic mass is 10.2.